The number of carbonyl (C=O) groups is 1. The van der Waals surface area contributed by atoms with Crippen molar-refractivity contribution in [2.24, 2.45) is 5.92 Å². The Morgan fingerprint density at radius 1 is 1.11 bits per heavy atom. The van der Waals surface area contributed by atoms with E-state index in [2.05, 4.69) is 15.1 Å². The maximum Gasteiger partial charge on any atom is 0.272 e. The second-order valence-corrected chi connectivity index (χ2v) is 7.68. The van der Waals surface area contributed by atoms with E-state index in [-0.39, 0.29) is 5.91 Å². The predicted molar refractivity (Wildman–Crippen MR) is 103 cm³/mol. The Morgan fingerprint density at radius 2 is 1.96 bits per heavy atom. The summed E-state index contributed by atoms with van der Waals surface area (Å²) in [6.45, 7) is 2.10. The van der Waals surface area contributed by atoms with E-state index in [4.69, 9.17) is 4.74 Å². The van der Waals surface area contributed by atoms with Crippen LogP contribution in [0.2, 0.25) is 0 Å². The highest BCUT2D eigenvalue weighted by Gasteiger charge is 2.27. The van der Waals surface area contributed by atoms with Crippen molar-refractivity contribution in [1.82, 2.24) is 24.5 Å². The van der Waals surface area contributed by atoms with Crippen LogP contribution < -0.4 is 4.74 Å². The molecule has 1 saturated carbocycles. The molecule has 3 aromatic heterocycles. The molecule has 1 saturated heterocycles. The third-order valence-electron chi connectivity index (χ3n) is 5.56. The molecule has 0 aromatic carbocycles. The van der Waals surface area contributed by atoms with Gasteiger partial charge in [0.25, 0.3) is 5.91 Å². The monoisotopic (exact) mass is 377 g/mol. The lowest BCUT2D eigenvalue weighted by atomic mass is 9.97. The Hall–Kier alpha value is -2.96. The third kappa shape index (κ3) is 3.56. The number of amides is 1. The molecule has 2 fully saturated rings. The normalized spacial score (nSPS) is 17.8. The second kappa shape index (κ2) is 7.22. The average molecular weight is 377 g/mol. The molecule has 1 amide bonds. The lowest BCUT2D eigenvalue weighted by molar-refractivity contribution is 0.0653. The van der Waals surface area contributed by atoms with Crippen LogP contribution >= 0.6 is 0 Å². The van der Waals surface area contributed by atoms with E-state index < -0.39 is 0 Å². The summed E-state index contributed by atoms with van der Waals surface area (Å²) in [4.78, 5) is 23.1. The van der Waals surface area contributed by atoms with Crippen LogP contribution in [0.3, 0.4) is 0 Å². The number of piperidine rings is 1. The zero-order valence-electron chi connectivity index (χ0n) is 15.7. The molecule has 5 rings (SSSR count). The van der Waals surface area contributed by atoms with Gasteiger partial charge in [0.2, 0.25) is 5.88 Å². The first-order valence-electron chi connectivity index (χ1n) is 9.96. The van der Waals surface area contributed by atoms with Crippen molar-refractivity contribution in [3.8, 4) is 5.88 Å². The second-order valence-electron chi connectivity index (χ2n) is 7.68. The highest BCUT2D eigenvalue weighted by molar-refractivity contribution is 5.92. The van der Waals surface area contributed by atoms with E-state index in [1.54, 1.807) is 12.3 Å². The number of ether oxygens (including phenoxy) is 1. The summed E-state index contributed by atoms with van der Waals surface area (Å²) in [5.41, 5.74) is 2.52. The van der Waals surface area contributed by atoms with Crippen LogP contribution in [0.4, 0.5) is 0 Å². The van der Waals surface area contributed by atoms with Gasteiger partial charge in [-0.1, -0.05) is 6.07 Å². The molecule has 7 nitrogen and oxygen atoms in total. The van der Waals surface area contributed by atoms with Crippen LogP contribution in [-0.2, 0) is 0 Å². The van der Waals surface area contributed by atoms with Gasteiger partial charge in [0.05, 0.1) is 18.5 Å². The number of hydrogen-bond donors (Lipinski definition) is 0. The number of hydrogen-bond acceptors (Lipinski definition) is 5. The van der Waals surface area contributed by atoms with Crippen LogP contribution in [0.5, 0.6) is 5.88 Å². The first kappa shape index (κ1) is 17.2. The largest absolute Gasteiger partial charge is 0.476 e. The maximum atomic E-state index is 12.5. The van der Waals surface area contributed by atoms with E-state index in [0.717, 1.165) is 37.3 Å². The first-order valence-corrected chi connectivity index (χ1v) is 9.96. The van der Waals surface area contributed by atoms with Crippen molar-refractivity contribution >= 4 is 11.6 Å². The van der Waals surface area contributed by atoms with Crippen LogP contribution in [-0.4, -0.2) is 50.1 Å². The van der Waals surface area contributed by atoms with Gasteiger partial charge in [0.1, 0.15) is 5.69 Å². The molecule has 0 atom stereocenters. The number of pyridine rings is 1. The van der Waals surface area contributed by atoms with E-state index in [9.17, 15) is 4.79 Å². The van der Waals surface area contributed by atoms with Crippen molar-refractivity contribution < 1.29 is 9.53 Å². The van der Waals surface area contributed by atoms with Crippen LogP contribution in [0.25, 0.3) is 5.65 Å². The highest BCUT2D eigenvalue weighted by atomic mass is 16.5. The number of carbonyl (C=O) groups excluding carboxylic acids is 1. The van der Waals surface area contributed by atoms with Crippen molar-refractivity contribution in [2.45, 2.75) is 31.6 Å². The van der Waals surface area contributed by atoms with Gasteiger partial charge in [0.15, 0.2) is 5.65 Å². The van der Waals surface area contributed by atoms with E-state index in [0.29, 0.717) is 30.0 Å². The fourth-order valence-corrected chi connectivity index (χ4v) is 3.69. The molecule has 7 heteroatoms. The van der Waals surface area contributed by atoms with Crippen LogP contribution in [0, 0.1) is 5.92 Å². The van der Waals surface area contributed by atoms with Crippen molar-refractivity contribution in [3.05, 3.63) is 54.1 Å². The van der Waals surface area contributed by atoms with E-state index in [1.165, 1.54) is 12.8 Å². The summed E-state index contributed by atoms with van der Waals surface area (Å²) >= 11 is 0. The summed E-state index contributed by atoms with van der Waals surface area (Å²) < 4.78 is 7.76. The van der Waals surface area contributed by atoms with Gasteiger partial charge >= 0.3 is 0 Å². The molecular weight excluding hydrogens is 354 g/mol. The minimum Gasteiger partial charge on any atom is -0.476 e. The smallest absolute Gasteiger partial charge is 0.272 e. The quantitative estimate of drug-likeness (QED) is 0.684. The molecule has 3 aromatic rings. The Kier molecular flexibility index (Phi) is 4.43. The predicted octanol–water partition coefficient (Wildman–Crippen LogP) is 2.93. The molecule has 2 aliphatic rings. The number of imidazole rings is 1. The summed E-state index contributed by atoms with van der Waals surface area (Å²) in [7, 11) is 0. The SMILES string of the molecule is O=C(c1ccccn1)N1CCC(COc2ccc3nc(C4CC4)cn3n2)CC1. The topological polar surface area (TPSA) is 72.6 Å². The van der Waals surface area contributed by atoms with Gasteiger partial charge < -0.3 is 9.64 Å². The van der Waals surface area contributed by atoms with E-state index in [1.807, 2.05) is 39.9 Å². The molecule has 0 unspecified atom stereocenters. The molecule has 1 aliphatic carbocycles. The summed E-state index contributed by atoms with van der Waals surface area (Å²) in [6.07, 6.45) is 7.99. The summed E-state index contributed by atoms with van der Waals surface area (Å²) in [6, 6.07) is 9.28. The van der Waals surface area contributed by atoms with Gasteiger partial charge in [-0.2, -0.15) is 0 Å². The Morgan fingerprint density at radius 3 is 2.71 bits per heavy atom. The molecule has 28 heavy (non-hydrogen) atoms. The number of nitrogens with zero attached hydrogens (tertiary/aromatic N) is 5. The van der Waals surface area contributed by atoms with Crippen molar-refractivity contribution in [2.75, 3.05) is 19.7 Å². The maximum absolute atomic E-state index is 12.5. The number of fused-ring (bicyclic) bond motifs is 1. The minimum atomic E-state index is 0.0126. The summed E-state index contributed by atoms with van der Waals surface area (Å²) in [5, 5.41) is 4.53. The van der Waals surface area contributed by atoms with Crippen LogP contribution in [0.15, 0.2) is 42.7 Å². The molecule has 0 radical (unpaired) electrons. The molecule has 144 valence electrons. The standard InChI is InChI=1S/C21H23N5O2/c27-21(17-3-1-2-10-22-17)25-11-8-15(9-12-25)14-28-20-7-6-19-23-18(16-4-5-16)13-26(19)24-20/h1-3,6-7,10,13,15-16H,4-5,8-9,11-12,14H2. The molecule has 0 spiro atoms. The molecule has 0 N–H and O–H groups in total. The molecular formula is C21H23N5O2. The molecule has 4 heterocycles. The third-order valence-corrected chi connectivity index (χ3v) is 5.56. The Bertz CT molecular complexity index is 975. The number of likely N-dealkylation sites (tertiary alicyclic amines) is 1. The lowest BCUT2D eigenvalue weighted by Gasteiger charge is -2.31. The van der Waals surface area contributed by atoms with Crippen molar-refractivity contribution in [3.63, 3.8) is 0 Å². The first-order chi connectivity index (χ1) is 13.8. The highest BCUT2D eigenvalue weighted by Crippen LogP contribution is 2.39. The van der Waals surface area contributed by atoms with Crippen molar-refractivity contribution in [1.29, 1.82) is 0 Å². The molecule has 0 bridgehead atoms. The van der Waals surface area contributed by atoms with E-state index >= 15 is 0 Å². The zero-order valence-corrected chi connectivity index (χ0v) is 15.7. The Balaban J connectivity index is 1.15. The number of aromatic nitrogens is 4. The van der Waals surface area contributed by atoms with Gasteiger partial charge in [-0.05, 0) is 49.8 Å². The van der Waals surface area contributed by atoms with Gasteiger partial charge in [-0.3, -0.25) is 9.78 Å². The van der Waals surface area contributed by atoms with Gasteiger partial charge in [-0.15, -0.1) is 5.10 Å². The average Bonchev–Trinajstić information content (AvgIpc) is 3.52. The summed E-state index contributed by atoms with van der Waals surface area (Å²) in [5.74, 6) is 1.68. The fraction of sp³-hybridized carbons (Fsp3) is 0.429. The minimum absolute atomic E-state index is 0.0126. The zero-order chi connectivity index (χ0) is 18.9. The van der Waals surface area contributed by atoms with Gasteiger partial charge in [-0.25, -0.2) is 9.50 Å². The fourth-order valence-electron chi connectivity index (χ4n) is 3.69. The van der Waals surface area contributed by atoms with Crippen LogP contribution in [0.1, 0.15) is 47.8 Å². The van der Waals surface area contributed by atoms with Gasteiger partial charge in [0, 0.05) is 31.3 Å². The number of rotatable bonds is 5. The lowest BCUT2D eigenvalue weighted by Crippen LogP contribution is -2.40. The Labute approximate surface area is 163 Å². The molecule has 1 aliphatic heterocycles.